The number of hydrogen-bond acceptors (Lipinski definition) is 5. The normalized spacial score (nSPS) is 11.3. The second-order valence-electron chi connectivity index (χ2n) is 3.49. The molecule has 5 nitrogen and oxygen atoms in total. The Hall–Kier alpha value is -1.36. The zero-order chi connectivity index (χ0) is 9.90. The van der Waals surface area contributed by atoms with Gasteiger partial charge in [0, 0.05) is 0 Å². The van der Waals surface area contributed by atoms with Gasteiger partial charge in [-0.05, 0) is 13.8 Å². The van der Waals surface area contributed by atoms with Crippen LogP contribution in [0.2, 0.25) is 0 Å². The van der Waals surface area contributed by atoms with Gasteiger partial charge in [-0.25, -0.2) is 9.97 Å². The Morgan fingerprint density at radius 1 is 1.62 bits per heavy atom. The summed E-state index contributed by atoms with van der Waals surface area (Å²) in [6.45, 7) is 3.72. The minimum atomic E-state index is -0.428. The fourth-order valence-corrected chi connectivity index (χ4v) is 0.805. The number of nitrogens with one attached hydrogen (secondary N) is 1. The van der Waals surface area contributed by atoms with E-state index >= 15 is 0 Å². The Kier molecular flexibility index (Phi) is 2.67. The van der Waals surface area contributed by atoms with Crippen molar-refractivity contribution in [2.45, 2.75) is 19.4 Å². The van der Waals surface area contributed by atoms with Crippen molar-refractivity contribution in [2.24, 2.45) is 0 Å². The molecule has 0 spiro atoms. The molecule has 1 aromatic rings. The van der Waals surface area contributed by atoms with E-state index in [1.165, 1.54) is 12.5 Å². The number of hydrogen-bond donors (Lipinski definition) is 3. The van der Waals surface area contributed by atoms with Crippen molar-refractivity contribution >= 4 is 11.5 Å². The lowest BCUT2D eigenvalue weighted by molar-refractivity contribution is 0.234. The van der Waals surface area contributed by atoms with Gasteiger partial charge in [-0.15, -0.1) is 0 Å². The largest absolute Gasteiger partial charge is 0.394 e. The Morgan fingerprint density at radius 3 is 2.85 bits per heavy atom. The van der Waals surface area contributed by atoms with E-state index in [1.54, 1.807) is 0 Å². The number of aliphatic hydroxyl groups excluding tert-OH is 1. The van der Waals surface area contributed by atoms with Gasteiger partial charge in [0.1, 0.15) is 6.33 Å². The van der Waals surface area contributed by atoms with Crippen LogP contribution in [-0.2, 0) is 0 Å². The fraction of sp³-hybridized carbons (Fsp3) is 0.500. The monoisotopic (exact) mass is 182 g/mol. The first-order chi connectivity index (χ1) is 6.05. The third-order valence-corrected chi connectivity index (χ3v) is 1.59. The predicted molar refractivity (Wildman–Crippen MR) is 51.2 cm³/mol. The highest BCUT2D eigenvalue weighted by atomic mass is 16.3. The first-order valence-electron chi connectivity index (χ1n) is 4.00. The summed E-state index contributed by atoms with van der Waals surface area (Å²) in [5.74, 6) is 0.550. The van der Waals surface area contributed by atoms with Crippen molar-refractivity contribution in [3.8, 4) is 0 Å². The first-order valence-corrected chi connectivity index (χ1v) is 4.00. The van der Waals surface area contributed by atoms with Crippen LogP contribution in [0.15, 0.2) is 12.5 Å². The highest BCUT2D eigenvalue weighted by molar-refractivity contribution is 5.59. The van der Waals surface area contributed by atoms with Crippen LogP contribution in [0, 0.1) is 0 Å². The maximum absolute atomic E-state index is 9.00. The maximum atomic E-state index is 9.00. The van der Waals surface area contributed by atoms with Crippen LogP contribution in [0.3, 0.4) is 0 Å². The average Bonchev–Trinajstić information content (AvgIpc) is 2.09. The predicted octanol–water partition coefficient (Wildman–Crippen LogP) is 0.242. The van der Waals surface area contributed by atoms with Crippen LogP contribution < -0.4 is 11.1 Å². The minimum Gasteiger partial charge on any atom is -0.394 e. The molecule has 0 unspecified atom stereocenters. The standard InChI is InChI=1S/C8H14N4O/c1-8(2,4-13)12-7-6(9)3-10-5-11-7/h3,5,13H,4,9H2,1-2H3,(H,10,11,12). The minimum absolute atomic E-state index is 0.0104. The number of aliphatic hydroxyl groups is 1. The molecule has 4 N–H and O–H groups in total. The molecule has 5 heteroatoms. The van der Waals surface area contributed by atoms with E-state index in [9.17, 15) is 0 Å². The van der Waals surface area contributed by atoms with Gasteiger partial charge in [-0.1, -0.05) is 0 Å². The molecule has 1 heterocycles. The number of nitrogens with zero attached hydrogens (tertiary/aromatic N) is 2. The summed E-state index contributed by atoms with van der Waals surface area (Å²) in [5, 5.41) is 12.0. The summed E-state index contributed by atoms with van der Waals surface area (Å²) in [5.41, 5.74) is 5.66. The van der Waals surface area contributed by atoms with Gasteiger partial charge in [0.05, 0.1) is 24.0 Å². The second kappa shape index (κ2) is 3.57. The summed E-state index contributed by atoms with van der Waals surface area (Å²) in [7, 11) is 0. The zero-order valence-electron chi connectivity index (χ0n) is 7.78. The van der Waals surface area contributed by atoms with Crippen molar-refractivity contribution in [3.63, 3.8) is 0 Å². The lowest BCUT2D eigenvalue weighted by Gasteiger charge is -2.24. The molecule has 0 atom stereocenters. The summed E-state index contributed by atoms with van der Waals surface area (Å²) in [6, 6.07) is 0. The van der Waals surface area contributed by atoms with Gasteiger partial charge in [-0.3, -0.25) is 0 Å². The van der Waals surface area contributed by atoms with E-state index in [-0.39, 0.29) is 6.61 Å². The molecule has 0 fully saturated rings. The fourth-order valence-electron chi connectivity index (χ4n) is 0.805. The summed E-state index contributed by atoms with van der Waals surface area (Å²) in [4.78, 5) is 7.72. The van der Waals surface area contributed by atoms with Gasteiger partial charge in [0.25, 0.3) is 0 Å². The highest BCUT2D eigenvalue weighted by Gasteiger charge is 2.17. The van der Waals surface area contributed by atoms with E-state index < -0.39 is 5.54 Å². The van der Waals surface area contributed by atoms with E-state index in [0.29, 0.717) is 11.5 Å². The Bertz CT molecular complexity index is 287. The quantitative estimate of drug-likeness (QED) is 0.623. The van der Waals surface area contributed by atoms with Gasteiger partial charge in [0.15, 0.2) is 5.82 Å². The molecular formula is C8H14N4O. The zero-order valence-corrected chi connectivity index (χ0v) is 7.78. The third kappa shape index (κ3) is 2.55. The van der Waals surface area contributed by atoms with Gasteiger partial charge >= 0.3 is 0 Å². The van der Waals surface area contributed by atoms with Crippen LogP contribution in [0.1, 0.15) is 13.8 Å². The van der Waals surface area contributed by atoms with E-state index in [0.717, 1.165) is 0 Å². The van der Waals surface area contributed by atoms with Crippen molar-refractivity contribution in [1.29, 1.82) is 0 Å². The molecule has 0 aromatic carbocycles. The van der Waals surface area contributed by atoms with Crippen molar-refractivity contribution < 1.29 is 5.11 Å². The molecule has 1 rings (SSSR count). The molecule has 0 radical (unpaired) electrons. The van der Waals surface area contributed by atoms with Crippen LogP contribution >= 0.6 is 0 Å². The summed E-state index contributed by atoms with van der Waals surface area (Å²) in [6.07, 6.45) is 2.93. The van der Waals surface area contributed by atoms with Crippen molar-refractivity contribution in [3.05, 3.63) is 12.5 Å². The summed E-state index contributed by atoms with van der Waals surface area (Å²) >= 11 is 0. The molecule has 13 heavy (non-hydrogen) atoms. The number of nitrogen functional groups attached to an aromatic ring is 1. The molecule has 72 valence electrons. The third-order valence-electron chi connectivity index (χ3n) is 1.59. The van der Waals surface area contributed by atoms with E-state index in [2.05, 4.69) is 15.3 Å². The van der Waals surface area contributed by atoms with Crippen LogP contribution in [0.25, 0.3) is 0 Å². The van der Waals surface area contributed by atoms with Crippen LogP contribution in [0.5, 0.6) is 0 Å². The van der Waals surface area contributed by atoms with Gasteiger partial charge in [0.2, 0.25) is 0 Å². The number of nitrogens with two attached hydrogens (primary N) is 1. The molecular weight excluding hydrogens is 168 g/mol. The highest BCUT2D eigenvalue weighted by Crippen LogP contribution is 2.17. The van der Waals surface area contributed by atoms with E-state index in [1.807, 2.05) is 13.8 Å². The number of aromatic nitrogens is 2. The SMILES string of the molecule is CC(C)(CO)Nc1ncncc1N. The Labute approximate surface area is 77.0 Å². The van der Waals surface area contributed by atoms with Gasteiger partial charge in [-0.2, -0.15) is 0 Å². The topological polar surface area (TPSA) is 84.1 Å². The van der Waals surface area contributed by atoms with Crippen molar-refractivity contribution in [2.75, 3.05) is 17.7 Å². The number of rotatable bonds is 3. The number of anilines is 2. The Balaban J connectivity index is 2.80. The van der Waals surface area contributed by atoms with E-state index in [4.69, 9.17) is 10.8 Å². The molecule has 0 aliphatic rings. The van der Waals surface area contributed by atoms with Crippen LogP contribution in [0.4, 0.5) is 11.5 Å². The lowest BCUT2D eigenvalue weighted by Crippen LogP contribution is -2.35. The lowest BCUT2D eigenvalue weighted by atomic mass is 10.1. The Morgan fingerprint density at radius 2 is 2.31 bits per heavy atom. The average molecular weight is 182 g/mol. The van der Waals surface area contributed by atoms with Crippen LogP contribution in [-0.4, -0.2) is 27.2 Å². The molecule has 0 bridgehead atoms. The molecule has 0 saturated heterocycles. The molecule has 0 amide bonds. The molecule has 0 saturated carbocycles. The summed E-state index contributed by atoms with van der Waals surface area (Å²) < 4.78 is 0. The second-order valence-corrected chi connectivity index (χ2v) is 3.49. The first kappa shape index (κ1) is 9.73. The molecule has 0 aliphatic heterocycles. The molecule has 1 aromatic heterocycles. The molecule has 0 aliphatic carbocycles. The maximum Gasteiger partial charge on any atom is 0.153 e. The van der Waals surface area contributed by atoms with Crippen molar-refractivity contribution in [1.82, 2.24) is 9.97 Å². The van der Waals surface area contributed by atoms with Gasteiger partial charge < -0.3 is 16.2 Å². The smallest absolute Gasteiger partial charge is 0.153 e.